The molecule has 1 heterocycles. The van der Waals surface area contributed by atoms with Crippen LogP contribution >= 0.6 is 0 Å². The number of nitrogens with zero attached hydrogens (tertiary/aromatic N) is 1. The van der Waals surface area contributed by atoms with Crippen molar-refractivity contribution in [3.8, 4) is 0 Å². The first-order chi connectivity index (χ1) is 9.67. The average molecular weight is 274 g/mol. The fraction of sp³-hybridized carbons (Fsp3) is 0.667. The Bertz CT molecular complexity index is 390. The molecule has 0 aromatic heterocycles. The fourth-order valence-corrected chi connectivity index (χ4v) is 3.27. The molecule has 1 aromatic rings. The van der Waals surface area contributed by atoms with Gasteiger partial charge in [-0.1, -0.05) is 57.5 Å². The maximum atomic E-state index is 3.74. The van der Waals surface area contributed by atoms with Gasteiger partial charge >= 0.3 is 0 Å². The van der Waals surface area contributed by atoms with Gasteiger partial charge in [-0.3, -0.25) is 4.90 Å². The van der Waals surface area contributed by atoms with Gasteiger partial charge in [-0.2, -0.15) is 0 Å². The maximum absolute atomic E-state index is 3.74. The van der Waals surface area contributed by atoms with Crippen molar-refractivity contribution < 1.29 is 0 Å². The van der Waals surface area contributed by atoms with Gasteiger partial charge < -0.3 is 5.32 Å². The van der Waals surface area contributed by atoms with Crippen molar-refractivity contribution in [1.82, 2.24) is 10.2 Å². The van der Waals surface area contributed by atoms with Gasteiger partial charge in [0.1, 0.15) is 0 Å². The lowest BCUT2D eigenvalue weighted by Gasteiger charge is -2.45. The Morgan fingerprint density at radius 1 is 1.20 bits per heavy atom. The van der Waals surface area contributed by atoms with E-state index in [1.165, 1.54) is 18.4 Å². The summed E-state index contributed by atoms with van der Waals surface area (Å²) in [5.74, 6) is 0.763. The van der Waals surface area contributed by atoms with E-state index in [2.05, 4.69) is 68.2 Å². The molecule has 0 aliphatic carbocycles. The van der Waals surface area contributed by atoms with E-state index in [1.807, 2.05) is 0 Å². The zero-order valence-electron chi connectivity index (χ0n) is 13.5. The van der Waals surface area contributed by atoms with Crippen molar-refractivity contribution in [3.63, 3.8) is 0 Å². The van der Waals surface area contributed by atoms with Gasteiger partial charge in [-0.25, -0.2) is 0 Å². The summed E-state index contributed by atoms with van der Waals surface area (Å²) in [6, 6.07) is 12.7. The minimum Gasteiger partial charge on any atom is -0.307 e. The number of piperazine rings is 1. The number of benzene rings is 1. The Morgan fingerprint density at radius 3 is 2.50 bits per heavy atom. The lowest BCUT2D eigenvalue weighted by Crippen LogP contribution is -2.56. The smallest absolute Gasteiger partial charge is 0.0450 e. The summed E-state index contributed by atoms with van der Waals surface area (Å²) >= 11 is 0. The van der Waals surface area contributed by atoms with E-state index in [1.54, 1.807) is 0 Å². The van der Waals surface area contributed by atoms with Crippen molar-refractivity contribution in [2.45, 2.75) is 58.7 Å². The van der Waals surface area contributed by atoms with Crippen LogP contribution in [0.3, 0.4) is 0 Å². The molecule has 20 heavy (non-hydrogen) atoms. The quantitative estimate of drug-likeness (QED) is 0.877. The topological polar surface area (TPSA) is 15.3 Å². The van der Waals surface area contributed by atoms with Crippen LogP contribution in [0.25, 0.3) is 0 Å². The molecule has 1 aromatic carbocycles. The second-order valence-corrected chi connectivity index (χ2v) is 6.26. The number of hydrogen-bond donors (Lipinski definition) is 1. The van der Waals surface area contributed by atoms with Crippen molar-refractivity contribution >= 4 is 0 Å². The van der Waals surface area contributed by atoms with E-state index in [0.717, 1.165) is 19.0 Å². The first-order valence-corrected chi connectivity index (χ1v) is 8.21. The molecule has 4 atom stereocenters. The highest BCUT2D eigenvalue weighted by Gasteiger charge is 2.32. The van der Waals surface area contributed by atoms with Crippen molar-refractivity contribution in [2.75, 3.05) is 13.1 Å². The van der Waals surface area contributed by atoms with E-state index < -0.39 is 0 Å². The van der Waals surface area contributed by atoms with Gasteiger partial charge in [0.2, 0.25) is 0 Å². The molecule has 0 spiro atoms. The van der Waals surface area contributed by atoms with Crippen LogP contribution in [0.15, 0.2) is 30.3 Å². The number of hydrogen-bond acceptors (Lipinski definition) is 2. The molecule has 1 saturated heterocycles. The van der Waals surface area contributed by atoms with E-state index in [0.29, 0.717) is 18.1 Å². The van der Waals surface area contributed by atoms with Gasteiger partial charge in [0.05, 0.1) is 0 Å². The molecule has 112 valence electrons. The lowest BCUT2D eigenvalue weighted by molar-refractivity contribution is 0.0601. The Labute approximate surface area is 124 Å². The van der Waals surface area contributed by atoms with Crippen LogP contribution in [-0.2, 0) is 0 Å². The van der Waals surface area contributed by atoms with Crippen LogP contribution < -0.4 is 5.32 Å². The highest BCUT2D eigenvalue weighted by Crippen LogP contribution is 2.26. The Kier molecular flexibility index (Phi) is 5.62. The minimum atomic E-state index is 0.477. The van der Waals surface area contributed by atoms with Gasteiger partial charge in [0, 0.05) is 31.2 Å². The van der Waals surface area contributed by atoms with Crippen LogP contribution in [0.5, 0.6) is 0 Å². The summed E-state index contributed by atoms with van der Waals surface area (Å²) in [6.07, 6.45) is 2.49. The average Bonchev–Trinajstić information content (AvgIpc) is 2.53. The van der Waals surface area contributed by atoms with E-state index >= 15 is 0 Å². The standard InChI is InChI=1S/C18H30N2/c1-5-14(3)15(4)20-13-18(19-12-17(20)6-2)16-10-8-7-9-11-16/h7-11,14-15,17-19H,5-6,12-13H2,1-4H3. The van der Waals surface area contributed by atoms with Crippen LogP contribution in [0.2, 0.25) is 0 Å². The van der Waals surface area contributed by atoms with Crippen LogP contribution in [0.1, 0.15) is 52.1 Å². The molecule has 2 heteroatoms. The first kappa shape index (κ1) is 15.5. The van der Waals surface area contributed by atoms with E-state index in [-0.39, 0.29) is 0 Å². The lowest BCUT2D eigenvalue weighted by atomic mass is 9.93. The summed E-state index contributed by atoms with van der Waals surface area (Å²) in [7, 11) is 0. The van der Waals surface area contributed by atoms with Gasteiger partial charge in [-0.05, 0) is 24.8 Å². The Hall–Kier alpha value is -0.860. The second-order valence-electron chi connectivity index (χ2n) is 6.26. The third kappa shape index (κ3) is 3.42. The minimum absolute atomic E-state index is 0.477. The molecule has 0 amide bonds. The predicted molar refractivity (Wildman–Crippen MR) is 86.9 cm³/mol. The molecule has 1 aliphatic heterocycles. The zero-order valence-corrected chi connectivity index (χ0v) is 13.5. The third-order valence-electron chi connectivity index (χ3n) is 5.13. The van der Waals surface area contributed by atoms with Gasteiger partial charge in [-0.15, -0.1) is 0 Å². The van der Waals surface area contributed by atoms with Crippen LogP contribution in [0.4, 0.5) is 0 Å². The van der Waals surface area contributed by atoms with Crippen molar-refractivity contribution in [3.05, 3.63) is 35.9 Å². The summed E-state index contributed by atoms with van der Waals surface area (Å²) in [5.41, 5.74) is 1.42. The Balaban J connectivity index is 2.11. The predicted octanol–water partition coefficient (Wildman–Crippen LogP) is 3.85. The monoisotopic (exact) mass is 274 g/mol. The zero-order chi connectivity index (χ0) is 14.5. The largest absolute Gasteiger partial charge is 0.307 e. The molecule has 1 fully saturated rings. The fourth-order valence-electron chi connectivity index (χ4n) is 3.27. The summed E-state index contributed by atoms with van der Waals surface area (Å²) in [6.45, 7) is 11.6. The van der Waals surface area contributed by atoms with Crippen molar-refractivity contribution in [2.24, 2.45) is 5.92 Å². The summed E-state index contributed by atoms with van der Waals surface area (Å²) < 4.78 is 0. The van der Waals surface area contributed by atoms with Crippen LogP contribution in [0, 0.1) is 5.92 Å². The molecule has 0 saturated carbocycles. The molecule has 1 aliphatic rings. The first-order valence-electron chi connectivity index (χ1n) is 8.21. The third-order valence-corrected chi connectivity index (χ3v) is 5.13. The molecule has 4 unspecified atom stereocenters. The van der Waals surface area contributed by atoms with E-state index in [9.17, 15) is 0 Å². The van der Waals surface area contributed by atoms with Gasteiger partial charge in [0.15, 0.2) is 0 Å². The van der Waals surface area contributed by atoms with E-state index in [4.69, 9.17) is 0 Å². The summed E-state index contributed by atoms with van der Waals surface area (Å²) in [4.78, 5) is 2.74. The van der Waals surface area contributed by atoms with Crippen molar-refractivity contribution in [1.29, 1.82) is 0 Å². The molecular weight excluding hydrogens is 244 g/mol. The normalized spacial score (nSPS) is 27.2. The highest BCUT2D eigenvalue weighted by atomic mass is 15.3. The number of rotatable bonds is 5. The van der Waals surface area contributed by atoms with Crippen LogP contribution in [-0.4, -0.2) is 30.1 Å². The molecule has 1 N–H and O–H groups in total. The van der Waals surface area contributed by atoms with Gasteiger partial charge in [0.25, 0.3) is 0 Å². The highest BCUT2D eigenvalue weighted by molar-refractivity contribution is 5.20. The molecule has 2 nitrogen and oxygen atoms in total. The second kappa shape index (κ2) is 7.24. The maximum Gasteiger partial charge on any atom is 0.0450 e. The molecular formula is C18H30N2. The molecule has 0 radical (unpaired) electrons. The SMILES string of the molecule is CCC(C)C(C)N1CC(c2ccccc2)NCC1CC. The molecule has 2 rings (SSSR count). The summed E-state index contributed by atoms with van der Waals surface area (Å²) in [5, 5.41) is 3.74. The molecule has 0 bridgehead atoms. The number of nitrogens with one attached hydrogen (secondary N) is 1. The Morgan fingerprint density at radius 2 is 1.90 bits per heavy atom.